The van der Waals surface area contributed by atoms with Gasteiger partial charge in [0.1, 0.15) is 11.7 Å². The van der Waals surface area contributed by atoms with E-state index in [1.165, 1.54) is 22.7 Å². The van der Waals surface area contributed by atoms with Gasteiger partial charge in [0.05, 0.1) is 0 Å². The minimum atomic E-state index is 0. The summed E-state index contributed by atoms with van der Waals surface area (Å²) in [5, 5.41) is 8.53. The third-order valence-corrected chi connectivity index (χ3v) is 4.26. The minimum Gasteiger partial charge on any atom is -0.324 e. The van der Waals surface area contributed by atoms with Crippen molar-refractivity contribution in [1.82, 2.24) is 15.3 Å². The molecule has 3 heterocycles. The quantitative estimate of drug-likeness (QED) is 0.704. The van der Waals surface area contributed by atoms with Crippen molar-refractivity contribution in [2.24, 2.45) is 9.98 Å². The molecule has 0 aliphatic carbocycles. The average molecular weight is 370 g/mol. The predicted molar refractivity (Wildman–Crippen MR) is 86.2 cm³/mol. The Morgan fingerprint density at radius 2 is 1.32 bits per heavy atom. The second-order valence-corrected chi connectivity index (χ2v) is 5.97. The number of rotatable bonds is 2. The first-order chi connectivity index (χ1) is 10.4. The van der Waals surface area contributed by atoms with E-state index >= 15 is 0 Å². The number of hydrogen-bond donors (Lipinski definition) is 1. The molecular weight excluding hydrogens is 361 g/mol. The zero-order chi connectivity index (χ0) is 14.1. The fraction of sp³-hybridized carbons (Fsp3) is 0. The maximum atomic E-state index is 4.55. The van der Waals surface area contributed by atoms with Gasteiger partial charge >= 0.3 is 16.5 Å². The molecule has 110 valence electrons. The summed E-state index contributed by atoms with van der Waals surface area (Å²) in [6, 6.07) is 8.03. The number of benzene rings is 1. The van der Waals surface area contributed by atoms with Crippen LogP contribution in [-0.4, -0.2) is 21.6 Å². The van der Waals surface area contributed by atoms with Crippen molar-refractivity contribution in [3.05, 3.63) is 58.5 Å². The van der Waals surface area contributed by atoms with Crippen LogP contribution in [0.25, 0.3) is 0 Å². The first-order valence-corrected chi connectivity index (χ1v) is 7.99. The van der Waals surface area contributed by atoms with Crippen molar-refractivity contribution >= 4 is 44.6 Å². The Labute approximate surface area is 144 Å². The topological polar surface area (TPSA) is 62.5 Å². The van der Waals surface area contributed by atoms with Crippen LogP contribution in [0.2, 0.25) is 0 Å². The van der Waals surface area contributed by atoms with E-state index in [0.29, 0.717) is 0 Å². The van der Waals surface area contributed by atoms with E-state index in [1.807, 2.05) is 35.0 Å². The second kappa shape index (κ2) is 6.48. The summed E-state index contributed by atoms with van der Waals surface area (Å²) in [4.78, 5) is 17.5. The number of aromatic nitrogens is 2. The van der Waals surface area contributed by atoms with Gasteiger partial charge in [0.25, 0.3) is 0 Å². The molecule has 0 spiro atoms. The molecule has 1 aliphatic rings. The summed E-state index contributed by atoms with van der Waals surface area (Å²) in [5.74, 6) is 1.55. The second-order valence-electron chi connectivity index (χ2n) is 4.22. The largest absolute Gasteiger partial charge is 2.00 e. The number of amidine groups is 2. The van der Waals surface area contributed by atoms with Crippen molar-refractivity contribution < 1.29 is 16.5 Å². The van der Waals surface area contributed by atoms with E-state index in [2.05, 4.69) is 25.3 Å². The van der Waals surface area contributed by atoms with E-state index in [4.69, 9.17) is 0 Å². The van der Waals surface area contributed by atoms with Gasteiger partial charge in [-0.25, -0.2) is 20.0 Å². The zero-order valence-electron chi connectivity index (χ0n) is 11.0. The summed E-state index contributed by atoms with van der Waals surface area (Å²) in [6.45, 7) is 0. The van der Waals surface area contributed by atoms with Gasteiger partial charge in [-0.2, -0.15) is 0 Å². The van der Waals surface area contributed by atoms with Gasteiger partial charge in [-0.05, 0) is 0 Å². The van der Waals surface area contributed by atoms with Gasteiger partial charge in [0.15, 0.2) is 0 Å². The standard InChI is InChI=1S/C14H9N5S2.Ni/c1-2-4-10-9(3-1)11(18-13-15-5-7-20-13)17-12(10)19-14-16-6-8-21-14;/h1-8H,(H,15,16,17,18,19);/q;+2. The fourth-order valence-electron chi connectivity index (χ4n) is 2.05. The fourth-order valence-corrected chi connectivity index (χ4v) is 3.07. The monoisotopic (exact) mass is 369 g/mol. The number of nitrogens with one attached hydrogen (secondary N) is 1. The maximum Gasteiger partial charge on any atom is 2.00 e. The van der Waals surface area contributed by atoms with E-state index in [9.17, 15) is 0 Å². The molecule has 0 unspecified atom stereocenters. The first-order valence-electron chi connectivity index (χ1n) is 6.23. The van der Waals surface area contributed by atoms with Crippen LogP contribution in [0.1, 0.15) is 11.1 Å². The van der Waals surface area contributed by atoms with Crippen LogP contribution in [0.4, 0.5) is 10.3 Å². The molecule has 0 atom stereocenters. The SMILES string of the molecule is [Ni+2].c1ccc2c(c1)C(=Nc1nccs1)NC2=Nc1nccs1. The molecule has 0 amide bonds. The normalized spacial score (nSPS) is 16.4. The van der Waals surface area contributed by atoms with Gasteiger partial charge in [-0.1, -0.05) is 24.3 Å². The van der Waals surface area contributed by atoms with E-state index in [-0.39, 0.29) is 16.5 Å². The van der Waals surface area contributed by atoms with Crippen LogP contribution < -0.4 is 5.32 Å². The number of thiazole rings is 2. The molecule has 3 aromatic rings. The Hall–Kier alpha value is -1.89. The molecule has 2 aromatic heterocycles. The molecule has 1 aliphatic heterocycles. The van der Waals surface area contributed by atoms with Crippen LogP contribution in [0.3, 0.4) is 0 Å². The van der Waals surface area contributed by atoms with Gasteiger partial charge in [0, 0.05) is 34.3 Å². The molecule has 0 saturated heterocycles. The van der Waals surface area contributed by atoms with Gasteiger partial charge in [-0.15, -0.1) is 22.7 Å². The first kappa shape index (κ1) is 15.0. The van der Waals surface area contributed by atoms with Crippen LogP contribution in [-0.2, 0) is 16.5 Å². The number of fused-ring (bicyclic) bond motifs is 1. The average Bonchev–Trinajstić information content (AvgIpc) is 3.23. The molecule has 22 heavy (non-hydrogen) atoms. The summed E-state index contributed by atoms with van der Waals surface area (Å²) in [6.07, 6.45) is 3.49. The van der Waals surface area contributed by atoms with Gasteiger partial charge in [-0.3, -0.25) is 0 Å². The van der Waals surface area contributed by atoms with Crippen LogP contribution in [0, 0.1) is 0 Å². The Bertz CT molecular complexity index is 756. The van der Waals surface area contributed by atoms with E-state index in [1.54, 1.807) is 12.4 Å². The van der Waals surface area contributed by atoms with Gasteiger partial charge in [0.2, 0.25) is 10.3 Å². The molecule has 0 radical (unpaired) electrons. The van der Waals surface area contributed by atoms with E-state index in [0.717, 1.165) is 33.1 Å². The Balaban J connectivity index is 0.00000144. The molecule has 5 nitrogen and oxygen atoms in total. The number of aliphatic imine (C=N–C) groups is 2. The molecular formula is C14H9N5NiS2+2. The van der Waals surface area contributed by atoms with Gasteiger partial charge < -0.3 is 5.32 Å². The number of nitrogens with zero attached hydrogens (tertiary/aromatic N) is 4. The molecule has 1 aromatic carbocycles. The maximum absolute atomic E-state index is 4.55. The third kappa shape index (κ3) is 2.85. The smallest absolute Gasteiger partial charge is 0.324 e. The van der Waals surface area contributed by atoms with Crippen LogP contribution >= 0.6 is 22.7 Å². The van der Waals surface area contributed by atoms with E-state index < -0.39 is 0 Å². The summed E-state index contributed by atoms with van der Waals surface area (Å²) in [7, 11) is 0. The predicted octanol–water partition coefficient (Wildman–Crippen LogP) is 3.36. The molecule has 0 bridgehead atoms. The molecule has 0 fully saturated rings. The Morgan fingerprint density at radius 1 is 0.818 bits per heavy atom. The molecule has 0 saturated carbocycles. The Kier molecular flexibility index (Phi) is 4.42. The van der Waals surface area contributed by atoms with Crippen molar-refractivity contribution in [1.29, 1.82) is 0 Å². The van der Waals surface area contributed by atoms with Crippen molar-refractivity contribution in [2.45, 2.75) is 0 Å². The number of hydrogen-bond acceptors (Lipinski definition) is 6. The molecule has 4 rings (SSSR count). The van der Waals surface area contributed by atoms with Crippen molar-refractivity contribution in [2.75, 3.05) is 0 Å². The van der Waals surface area contributed by atoms with Crippen molar-refractivity contribution in [3.63, 3.8) is 0 Å². The van der Waals surface area contributed by atoms with Crippen LogP contribution in [0.5, 0.6) is 0 Å². The van der Waals surface area contributed by atoms with Crippen molar-refractivity contribution in [3.8, 4) is 0 Å². The summed E-state index contributed by atoms with van der Waals surface area (Å²) >= 11 is 3.00. The van der Waals surface area contributed by atoms with Crippen LogP contribution in [0.15, 0.2) is 57.4 Å². The minimum absolute atomic E-state index is 0. The summed E-state index contributed by atoms with van der Waals surface area (Å²) < 4.78 is 0. The molecule has 1 N–H and O–H groups in total. The Morgan fingerprint density at radius 3 is 1.73 bits per heavy atom. The summed E-state index contributed by atoms with van der Waals surface area (Å²) in [5.41, 5.74) is 2.06. The molecule has 8 heteroatoms. The zero-order valence-corrected chi connectivity index (χ0v) is 13.7. The third-order valence-electron chi connectivity index (χ3n) is 2.93.